The summed E-state index contributed by atoms with van der Waals surface area (Å²) in [6.45, 7) is -9.17. The molecule has 7 rings (SSSR count). The van der Waals surface area contributed by atoms with Crippen molar-refractivity contribution in [2.45, 2.75) is 55.4 Å². The summed E-state index contributed by atoms with van der Waals surface area (Å²) in [7, 11) is 1.51. The topological polar surface area (TPSA) is 226 Å². The van der Waals surface area contributed by atoms with Gasteiger partial charge in [-0.1, -0.05) is 12.2 Å². The van der Waals surface area contributed by atoms with Gasteiger partial charge in [0.1, 0.15) is 36.3 Å². The molecule has 0 aromatic carbocycles. The van der Waals surface area contributed by atoms with Crippen LogP contribution in [0.1, 0.15) is 18.7 Å². The Balaban J connectivity index is 1.22. The van der Waals surface area contributed by atoms with Gasteiger partial charge in [0.15, 0.2) is 35.0 Å². The van der Waals surface area contributed by atoms with Crippen LogP contribution in [0.5, 0.6) is 0 Å². The van der Waals surface area contributed by atoms with Gasteiger partial charge < -0.3 is 38.7 Å². The number of rotatable bonds is 2. The molecule has 2 saturated heterocycles. The third kappa shape index (κ3) is 5.09. The summed E-state index contributed by atoms with van der Waals surface area (Å²) in [6.07, 6.45) is -5.56. The Hall–Kier alpha value is -2.42. The van der Waals surface area contributed by atoms with E-state index in [9.17, 15) is 19.4 Å². The third-order valence-electron chi connectivity index (χ3n) is 7.68. The normalized spacial score (nSPS) is 38.0. The number of hydrogen-bond acceptors (Lipinski definition) is 15. The second-order valence-electron chi connectivity index (χ2n) is 10.4. The molecule has 1 aliphatic carbocycles. The number of fused-ring (bicyclic) bond motifs is 5. The van der Waals surface area contributed by atoms with Crippen molar-refractivity contribution < 1.29 is 41.8 Å². The van der Waals surface area contributed by atoms with Crippen LogP contribution in [0, 0.1) is 0 Å². The van der Waals surface area contributed by atoms with Crippen molar-refractivity contribution in [3.05, 3.63) is 35.7 Å². The maximum atomic E-state index is 16.1. The van der Waals surface area contributed by atoms with Gasteiger partial charge in [-0.15, -0.1) is 0 Å². The number of hydrogen-bond donors (Lipinski definition) is 4. The maximum absolute atomic E-state index is 16.1. The summed E-state index contributed by atoms with van der Waals surface area (Å²) in [6, 6.07) is -0.884. The Morgan fingerprint density at radius 1 is 1.05 bits per heavy atom. The summed E-state index contributed by atoms with van der Waals surface area (Å²) in [5.41, 5.74) is 6.00. The molecule has 10 atom stereocenters. The highest BCUT2D eigenvalue weighted by molar-refractivity contribution is 8.44. The zero-order valence-corrected chi connectivity index (χ0v) is 25.9. The van der Waals surface area contributed by atoms with Crippen LogP contribution in [0.3, 0.4) is 0 Å². The maximum Gasteiger partial charge on any atom is 0.386 e. The molecule has 4 aromatic heterocycles. The second kappa shape index (κ2) is 10.8. The molecule has 23 heteroatoms. The quantitative estimate of drug-likeness (QED) is 0.166. The lowest BCUT2D eigenvalue weighted by atomic mass is 10.1. The van der Waals surface area contributed by atoms with E-state index in [4.69, 9.17) is 40.4 Å². The molecule has 0 spiro atoms. The van der Waals surface area contributed by atoms with Gasteiger partial charge >= 0.3 is 13.5 Å². The van der Waals surface area contributed by atoms with Gasteiger partial charge in [-0.25, -0.2) is 33.9 Å². The number of anilines is 1. The number of aromatic nitrogens is 8. The molecule has 1 saturated carbocycles. The summed E-state index contributed by atoms with van der Waals surface area (Å²) in [4.78, 5) is 44.1. The molecular weight excluding hydrogens is 667 g/mol. The van der Waals surface area contributed by atoms with Crippen molar-refractivity contribution in [2.24, 2.45) is 7.05 Å². The first-order valence-electron chi connectivity index (χ1n) is 13.0. The monoisotopic (exact) mass is 691 g/mol. The van der Waals surface area contributed by atoms with Crippen molar-refractivity contribution in [1.29, 1.82) is 0 Å². The van der Waals surface area contributed by atoms with E-state index in [2.05, 4.69) is 37.2 Å². The lowest BCUT2D eigenvalue weighted by Gasteiger charge is -2.30. The van der Waals surface area contributed by atoms with E-state index in [-0.39, 0.29) is 34.6 Å². The van der Waals surface area contributed by atoms with E-state index in [1.165, 1.54) is 46.1 Å². The molecule has 44 heavy (non-hydrogen) atoms. The summed E-state index contributed by atoms with van der Waals surface area (Å²) in [5.74, 6) is 0.0634. The summed E-state index contributed by atoms with van der Waals surface area (Å²) in [5, 5.41) is 11.2. The van der Waals surface area contributed by atoms with Crippen LogP contribution in [0.15, 0.2) is 30.1 Å². The fraction of sp³-hybridized carbons (Fsp3) is 0.524. The molecule has 4 aromatic rings. The zero-order chi connectivity index (χ0) is 31.1. The summed E-state index contributed by atoms with van der Waals surface area (Å²) >= 11 is 9.32. The van der Waals surface area contributed by atoms with Crippen LogP contribution in [-0.4, -0.2) is 91.9 Å². The van der Waals surface area contributed by atoms with E-state index in [0.717, 1.165) is 0 Å². The number of aryl methyl sites for hydroxylation is 1. The van der Waals surface area contributed by atoms with Crippen LogP contribution in [-0.2, 0) is 46.3 Å². The molecule has 236 valence electrons. The Morgan fingerprint density at radius 2 is 1.77 bits per heavy atom. The largest absolute Gasteiger partial charge is 0.388 e. The fourth-order valence-corrected chi connectivity index (χ4v) is 8.94. The lowest BCUT2D eigenvalue weighted by Crippen LogP contribution is -2.37. The molecule has 2 unspecified atom stereocenters. The highest BCUT2D eigenvalue weighted by atomic mass is 32.7. The number of nitrogen functional groups attached to an aromatic ring is 1. The van der Waals surface area contributed by atoms with E-state index >= 15 is 4.39 Å². The van der Waals surface area contributed by atoms with Crippen molar-refractivity contribution >= 4 is 65.7 Å². The van der Waals surface area contributed by atoms with Gasteiger partial charge in [-0.3, -0.25) is 18.4 Å². The van der Waals surface area contributed by atoms with E-state index in [0.29, 0.717) is 0 Å². The van der Waals surface area contributed by atoms with Gasteiger partial charge in [0.2, 0.25) is 0 Å². The number of nitrogens with two attached hydrogens (primary N) is 1. The SMILES string of the molecule is Cn1cnc2c(ncn2[C@@H]2C[C@@H]3OP(=O)(S)O[C@H]4[C@H](F)[C@H](n5cnc6c(N)ncnc65)O[C@@H]4COP(O)(=S)O[C@@H]2[C@H]3O)c1=O. The van der Waals surface area contributed by atoms with Crippen molar-refractivity contribution in [3.63, 3.8) is 0 Å². The molecule has 3 fully saturated rings. The Labute approximate surface area is 256 Å². The van der Waals surface area contributed by atoms with Gasteiger partial charge in [0.25, 0.3) is 5.56 Å². The fourth-order valence-electron chi connectivity index (χ4n) is 5.63. The Morgan fingerprint density at radius 3 is 2.57 bits per heavy atom. The van der Waals surface area contributed by atoms with E-state index in [1.54, 1.807) is 0 Å². The number of aliphatic hydroxyl groups excluding tert-OH is 1. The van der Waals surface area contributed by atoms with Gasteiger partial charge in [-0.05, 0) is 11.8 Å². The average Bonchev–Trinajstić information content (AvgIpc) is 3.72. The van der Waals surface area contributed by atoms with Crippen LogP contribution >= 0.6 is 25.8 Å². The van der Waals surface area contributed by atoms with E-state index in [1.807, 2.05) is 0 Å². The average molecular weight is 692 g/mol. The van der Waals surface area contributed by atoms with Gasteiger partial charge in [0, 0.05) is 13.5 Å². The number of thiol groups is 1. The van der Waals surface area contributed by atoms with Crippen LogP contribution in [0.4, 0.5) is 10.2 Å². The number of halogens is 1. The van der Waals surface area contributed by atoms with Gasteiger partial charge in [0.05, 0.1) is 37.7 Å². The van der Waals surface area contributed by atoms with Crippen molar-refractivity contribution in [1.82, 2.24) is 38.6 Å². The number of nitrogens with zero attached hydrogens (tertiary/aromatic N) is 8. The predicted molar refractivity (Wildman–Crippen MR) is 155 cm³/mol. The van der Waals surface area contributed by atoms with Crippen molar-refractivity contribution in [2.75, 3.05) is 12.3 Å². The molecule has 0 amide bonds. The first-order valence-corrected chi connectivity index (χ1v) is 18.3. The van der Waals surface area contributed by atoms with Crippen LogP contribution in [0.2, 0.25) is 0 Å². The number of imidazole rings is 2. The smallest absolute Gasteiger partial charge is 0.386 e. The molecule has 2 aliphatic heterocycles. The molecule has 3 aliphatic rings. The first kappa shape index (κ1) is 30.2. The number of aliphatic hydroxyl groups is 1. The zero-order valence-electron chi connectivity index (χ0n) is 22.4. The molecule has 2 bridgehead atoms. The molecule has 0 radical (unpaired) electrons. The van der Waals surface area contributed by atoms with Crippen molar-refractivity contribution in [3.8, 4) is 0 Å². The predicted octanol–water partition coefficient (Wildman–Crippen LogP) is 0.534. The van der Waals surface area contributed by atoms with E-state index < -0.39 is 74.6 Å². The highest BCUT2D eigenvalue weighted by Gasteiger charge is 2.54. The highest BCUT2D eigenvalue weighted by Crippen LogP contribution is 2.61. The van der Waals surface area contributed by atoms with Gasteiger partial charge in [-0.2, -0.15) is 0 Å². The molecule has 6 heterocycles. The number of alkyl halides is 1. The standard InChI is InChI=1S/C21H24FN9O9P2S2/c1-29-5-28-19-13(20(29)33)27-6-30(19)8-2-9-14(32)15(8)39-41(34,43)36-3-10-16(40-42(35,44)38-9)11(22)21(37-10)31-7-26-12-17(23)24-4-25-18(12)31/h4-11,14-16,21,32H,2-3H2,1H3,(H,34,43)(H,35,44)(H2,23,24,25)/t8-,9+,10-,11+,14+,15+,16-,21-,41?,42?/m1/s1. The third-order valence-corrected chi connectivity index (χ3v) is 10.9. The minimum atomic E-state index is -4.43. The first-order chi connectivity index (χ1) is 20.8. The molecule has 18 nitrogen and oxygen atoms in total. The Kier molecular flexibility index (Phi) is 7.45. The minimum absolute atomic E-state index is 0.0433. The molecular formula is C21H24FN9O9P2S2. The van der Waals surface area contributed by atoms with Crippen LogP contribution in [0.25, 0.3) is 22.3 Å². The lowest BCUT2D eigenvalue weighted by molar-refractivity contribution is -0.0546. The molecule has 4 N–H and O–H groups in total. The van der Waals surface area contributed by atoms with Crippen LogP contribution < -0.4 is 11.3 Å². The Bertz CT molecular complexity index is 1930. The second-order valence-corrected chi connectivity index (χ2v) is 16.0. The number of ether oxygens (including phenoxy) is 1. The minimum Gasteiger partial charge on any atom is -0.388 e. The summed E-state index contributed by atoms with van der Waals surface area (Å²) < 4.78 is 62.1.